The number of ether oxygens (including phenoxy) is 1. The highest BCUT2D eigenvalue weighted by Crippen LogP contribution is 2.10. The highest BCUT2D eigenvalue weighted by molar-refractivity contribution is 7.89. The summed E-state index contributed by atoms with van der Waals surface area (Å²) in [5.74, 6) is 5.49. The first-order valence-corrected chi connectivity index (χ1v) is 8.07. The number of aliphatic hydroxyl groups excluding tert-OH is 1. The molecule has 1 atom stereocenters. The van der Waals surface area contributed by atoms with Crippen LogP contribution in [0.2, 0.25) is 0 Å². The normalized spacial score (nSPS) is 12.5. The molecular weight excluding hydrogens is 292 g/mol. The van der Waals surface area contributed by atoms with Crippen LogP contribution in [-0.2, 0) is 14.8 Å². The van der Waals surface area contributed by atoms with Gasteiger partial charge in [0.25, 0.3) is 0 Å². The van der Waals surface area contributed by atoms with Crippen molar-refractivity contribution in [3.63, 3.8) is 0 Å². The van der Waals surface area contributed by atoms with Gasteiger partial charge >= 0.3 is 0 Å². The first-order chi connectivity index (χ1) is 10.0. The van der Waals surface area contributed by atoms with E-state index in [1.807, 2.05) is 6.92 Å². The van der Waals surface area contributed by atoms with Crippen molar-refractivity contribution in [3.8, 4) is 11.8 Å². The third-order valence-corrected chi connectivity index (χ3v) is 4.16. The Morgan fingerprint density at radius 2 is 2.24 bits per heavy atom. The molecule has 0 saturated carbocycles. The minimum absolute atomic E-state index is 0.0326. The number of methoxy groups -OCH3 is 1. The van der Waals surface area contributed by atoms with Gasteiger partial charge in [0.05, 0.1) is 13.2 Å². The summed E-state index contributed by atoms with van der Waals surface area (Å²) in [7, 11) is -2.13. The molecule has 2 N–H and O–H groups in total. The lowest BCUT2D eigenvalue weighted by Gasteiger charge is -2.15. The van der Waals surface area contributed by atoms with Crippen molar-refractivity contribution in [1.29, 1.82) is 0 Å². The molecule has 0 amide bonds. The van der Waals surface area contributed by atoms with Crippen molar-refractivity contribution in [1.82, 2.24) is 9.71 Å². The largest absolute Gasteiger partial charge is 0.395 e. The van der Waals surface area contributed by atoms with Crippen molar-refractivity contribution in [2.24, 2.45) is 0 Å². The van der Waals surface area contributed by atoms with Gasteiger partial charge in [0.15, 0.2) is 0 Å². The van der Waals surface area contributed by atoms with E-state index in [1.54, 1.807) is 0 Å². The van der Waals surface area contributed by atoms with Crippen molar-refractivity contribution in [3.05, 3.63) is 24.0 Å². The van der Waals surface area contributed by atoms with E-state index in [9.17, 15) is 8.42 Å². The highest BCUT2D eigenvalue weighted by Gasteiger charge is 2.19. The van der Waals surface area contributed by atoms with E-state index < -0.39 is 10.0 Å². The Morgan fingerprint density at radius 1 is 1.48 bits per heavy atom. The molecule has 0 radical (unpaired) electrons. The van der Waals surface area contributed by atoms with Gasteiger partial charge < -0.3 is 9.84 Å². The van der Waals surface area contributed by atoms with E-state index in [0.717, 1.165) is 0 Å². The second kappa shape index (κ2) is 8.74. The predicted octanol–water partition coefficient (Wildman–Crippen LogP) is 0.519. The molecule has 21 heavy (non-hydrogen) atoms. The summed E-state index contributed by atoms with van der Waals surface area (Å²) in [6.07, 6.45) is 3.71. The molecule has 0 spiro atoms. The standard InChI is InChI=1S/C14H20N2O4S/c1-3-13(11-20-2)16-21(18,19)14-8-12(9-15-10-14)6-4-5-7-17/h8-10,13,16-17H,3,5,7,11H2,1-2H3. The fraction of sp³-hybridized carbons (Fsp3) is 0.500. The molecule has 0 aromatic carbocycles. The fourth-order valence-electron chi connectivity index (χ4n) is 1.58. The lowest BCUT2D eigenvalue weighted by molar-refractivity contribution is 0.173. The zero-order chi connectivity index (χ0) is 15.7. The van der Waals surface area contributed by atoms with Gasteiger partial charge in [0.1, 0.15) is 4.90 Å². The predicted molar refractivity (Wildman–Crippen MR) is 79.1 cm³/mol. The lowest BCUT2D eigenvalue weighted by Crippen LogP contribution is -2.37. The number of hydrogen-bond donors (Lipinski definition) is 2. The number of rotatable bonds is 7. The molecule has 7 heteroatoms. The molecule has 1 aromatic rings. The Kier molecular flexibility index (Phi) is 7.32. The molecular formula is C14H20N2O4S. The number of sulfonamides is 1. The van der Waals surface area contributed by atoms with Crippen molar-refractivity contribution < 1.29 is 18.3 Å². The smallest absolute Gasteiger partial charge is 0.242 e. The topological polar surface area (TPSA) is 88.5 Å². The minimum Gasteiger partial charge on any atom is -0.395 e. The van der Waals surface area contributed by atoms with Crippen LogP contribution < -0.4 is 4.72 Å². The van der Waals surface area contributed by atoms with Crippen LogP contribution in [-0.4, -0.2) is 44.9 Å². The molecule has 0 saturated heterocycles. The van der Waals surface area contributed by atoms with E-state index in [0.29, 0.717) is 25.0 Å². The number of aliphatic hydroxyl groups is 1. The van der Waals surface area contributed by atoms with Crippen LogP contribution in [0.4, 0.5) is 0 Å². The van der Waals surface area contributed by atoms with E-state index in [-0.39, 0.29) is 17.5 Å². The Morgan fingerprint density at radius 3 is 2.86 bits per heavy atom. The summed E-state index contributed by atoms with van der Waals surface area (Å²) in [4.78, 5) is 3.96. The summed E-state index contributed by atoms with van der Waals surface area (Å²) in [5, 5.41) is 8.67. The van der Waals surface area contributed by atoms with Crippen molar-refractivity contribution in [2.75, 3.05) is 20.3 Å². The summed E-state index contributed by atoms with van der Waals surface area (Å²) in [6, 6.07) is 1.17. The Bertz CT molecular complexity index is 605. The Hall–Kier alpha value is -1.46. The van der Waals surface area contributed by atoms with Crippen LogP contribution in [0.3, 0.4) is 0 Å². The molecule has 0 aliphatic rings. The summed E-state index contributed by atoms with van der Waals surface area (Å²) >= 11 is 0. The van der Waals surface area contributed by atoms with Gasteiger partial charge in [-0.3, -0.25) is 4.98 Å². The lowest BCUT2D eigenvalue weighted by atomic mass is 10.3. The van der Waals surface area contributed by atoms with E-state index >= 15 is 0 Å². The first kappa shape index (κ1) is 17.6. The summed E-state index contributed by atoms with van der Waals surface area (Å²) < 4.78 is 32.1. The van der Waals surface area contributed by atoms with Gasteiger partial charge in [0, 0.05) is 37.5 Å². The molecule has 0 aliphatic heterocycles. The molecule has 1 rings (SSSR count). The number of aromatic nitrogens is 1. The molecule has 0 fully saturated rings. The van der Waals surface area contributed by atoms with Crippen LogP contribution in [0.15, 0.2) is 23.4 Å². The molecule has 0 aliphatic carbocycles. The quantitative estimate of drug-likeness (QED) is 0.717. The van der Waals surface area contributed by atoms with Crippen molar-refractivity contribution >= 4 is 10.0 Å². The molecule has 1 unspecified atom stereocenters. The van der Waals surface area contributed by atoms with Gasteiger partial charge in [-0.25, -0.2) is 13.1 Å². The fourth-order valence-corrected chi connectivity index (χ4v) is 2.87. The first-order valence-electron chi connectivity index (χ1n) is 6.59. The van der Waals surface area contributed by atoms with Gasteiger partial charge in [-0.1, -0.05) is 18.8 Å². The molecule has 0 bridgehead atoms. The zero-order valence-electron chi connectivity index (χ0n) is 12.2. The maximum Gasteiger partial charge on any atom is 0.242 e. The van der Waals surface area contributed by atoms with Crippen LogP contribution in [0.5, 0.6) is 0 Å². The Labute approximate surface area is 125 Å². The van der Waals surface area contributed by atoms with Gasteiger partial charge in [0.2, 0.25) is 10.0 Å². The van der Waals surface area contributed by atoms with Crippen LogP contribution in [0.25, 0.3) is 0 Å². The molecule has 1 aromatic heterocycles. The zero-order valence-corrected chi connectivity index (χ0v) is 13.0. The number of hydrogen-bond acceptors (Lipinski definition) is 5. The maximum atomic E-state index is 12.3. The average molecular weight is 312 g/mol. The monoisotopic (exact) mass is 312 g/mol. The third-order valence-electron chi connectivity index (χ3n) is 2.68. The SMILES string of the molecule is CCC(COC)NS(=O)(=O)c1cncc(C#CCCO)c1. The molecule has 1 heterocycles. The van der Waals surface area contributed by atoms with Gasteiger partial charge in [-0.05, 0) is 12.5 Å². The maximum absolute atomic E-state index is 12.3. The van der Waals surface area contributed by atoms with Gasteiger partial charge in [-0.15, -0.1) is 0 Å². The van der Waals surface area contributed by atoms with E-state index in [4.69, 9.17) is 9.84 Å². The van der Waals surface area contributed by atoms with Crippen LogP contribution in [0.1, 0.15) is 25.3 Å². The molecule has 6 nitrogen and oxygen atoms in total. The Balaban J connectivity index is 2.93. The van der Waals surface area contributed by atoms with Crippen LogP contribution in [0, 0.1) is 11.8 Å². The average Bonchev–Trinajstić information content (AvgIpc) is 2.47. The highest BCUT2D eigenvalue weighted by atomic mass is 32.2. The van der Waals surface area contributed by atoms with Crippen LogP contribution >= 0.6 is 0 Å². The second-order valence-electron chi connectivity index (χ2n) is 4.37. The number of nitrogens with one attached hydrogen (secondary N) is 1. The summed E-state index contributed by atoms with van der Waals surface area (Å²) in [6.45, 7) is 2.15. The van der Waals surface area contributed by atoms with E-state index in [1.165, 1.54) is 25.6 Å². The third kappa shape index (κ3) is 5.81. The van der Waals surface area contributed by atoms with Gasteiger partial charge in [-0.2, -0.15) is 0 Å². The van der Waals surface area contributed by atoms with E-state index in [2.05, 4.69) is 21.5 Å². The summed E-state index contributed by atoms with van der Waals surface area (Å²) in [5.41, 5.74) is 0.492. The number of pyridine rings is 1. The molecule has 116 valence electrons. The number of nitrogens with zero attached hydrogens (tertiary/aromatic N) is 1. The second-order valence-corrected chi connectivity index (χ2v) is 6.08. The van der Waals surface area contributed by atoms with Crippen molar-refractivity contribution in [2.45, 2.75) is 30.7 Å². The minimum atomic E-state index is -3.66.